The number of para-hydroxylation sites is 1. The molecule has 5 nitrogen and oxygen atoms in total. The van der Waals surface area contributed by atoms with Crippen LogP contribution >= 0.6 is 0 Å². The molecule has 0 bridgehead atoms. The molecule has 124 valence electrons. The van der Waals surface area contributed by atoms with Crippen molar-refractivity contribution in [1.29, 1.82) is 0 Å². The molecule has 0 unspecified atom stereocenters. The van der Waals surface area contributed by atoms with Crippen LogP contribution in [0.4, 0.5) is 4.39 Å². The first-order valence-electron chi connectivity index (χ1n) is 7.70. The van der Waals surface area contributed by atoms with Gasteiger partial charge in [0, 0.05) is 10.9 Å². The van der Waals surface area contributed by atoms with E-state index in [0.717, 1.165) is 16.5 Å². The van der Waals surface area contributed by atoms with Gasteiger partial charge >= 0.3 is 0 Å². The Labute approximate surface area is 143 Å². The van der Waals surface area contributed by atoms with Gasteiger partial charge in [0.2, 0.25) is 11.7 Å². The summed E-state index contributed by atoms with van der Waals surface area (Å²) in [6.45, 7) is 2.00. The Balaban J connectivity index is 1.83. The Bertz CT molecular complexity index is 1060. The zero-order valence-electron chi connectivity index (χ0n) is 13.7. The third-order valence-electron chi connectivity index (χ3n) is 3.96. The highest BCUT2D eigenvalue weighted by Gasteiger charge is 2.17. The van der Waals surface area contributed by atoms with E-state index < -0.39 is 0 Å². The fourth-order valence-corrected chi connectivity index (χ4v) is 2.69. The number of nitrogens with zero attached hydrogens (tertiary/aromatic N) is 3. The van der Waals surface area contributed by atoms with E-state index in [1.54, 1.807) is 19.2 Å². The Morgan fingerprint density at radius 2 is 1.84 bits per heavy atom. The molecule has 2 aromatic heterocycles. The lowest BCUT2D eigenvalue weighted by atomic mass is 10.1. The maximum Gasteiger partial charge on any atom is 0.258 e. The van der Waals surface area contributed by atoms with E-state index in [1.165, 1.54) is 12.1 Å². The van der Waals surface area contributed by atoms with E-state index >= 15 is 0 Å². The Hall–Kier alpha value is -3.28. The van der Waals surface area contributed by atoms with Crippen LogP contribution in [0.2, 0.25) is 0 Å². The van der Waals surface area contributed by atoms with Gasteiger partial charge in [0.1, 0.15) is 5.82 Å². The molecule has 2 aromatic carbocycles. The van der Waals surface area contributed by atoms with Crippen molar-refractivity contribution in [3.05, 3.63) is 59.9 Å². The molecular weight excluding hydrogens is 321 g/mol. The lowest BCUT2D eigenvalue weighted by molar-refractivity contribution is 0.399. The van der Waals surface area contributed by atoms with E-state index in [-0.39, 0.29) is 5.82 Å². The minimum Gasteiger partial charge on any atom is -0.480 e. The maximum atomic E-state index is 13.1. The number of methoxy groups -OCH3 is 1. The molecule has 4 rings (SSSR count). The van der Waals surface area contributed by atoms with Crippen LogP contribution < -0.4 is 4.74 Å². The first-order chi connectivity index (χ1) is 12.2. The average Bonchev–Trinajstić information content (AvgIpc) is 3.11. The van der Waals surface area contributed by atoms with Crippen LogP contribution in [-0.2, 0) is 0 Å². The summed E-state index contributed by atoms with van der Waals surface area (Å²) in [5.41, 5.74) is 3.20. The number of benzene rings is 2. The summed E-state index contributed by atoms with van der Waals surface area (Å²) in [6.07, 6.45) is 0. The van der Waals surface area contributed by atoms with Crippen LogP contribution in [0.15, 0.2) is 53.1 Å². The van der Waals surface area contributed by atoms with Gasteiger partial charge in [0.25, 0.3) is 5.89 Å². The first kappa shape index (κ1) is 15.3. The van der Waals surface area contributed by atoms with E-state index in [2.05, 4.69) is 15.1 Å². The number of ether oxygens (including phenoxy) is 1. The molecule has 4 aromatic rings. The predicted octanol–water partition coefficient (Wildman–Crippen LogP) is 4.41. The van der Waals surface area contributed by atoms with Crippen molar-refractivity contribution in [2.75, 3.05) is 7.11 Å². The maximum absolute atomic E-state index is 13.1. The van der Waals surface area contributed by atoms with Crippen molar-refractivity contribution >= 4 is 10.9 Å². The van der Waals surface area contributed by atoms with Crippen LogP contribution in [0.5, 0.6) is 5.88 Å². The molecule has 0 aliphatic carbocycles. The highest BCUT2D eigenvalue weighted by molar-refractivity contribution is 5.87. The van der Waals surface area contributed by atoms with Crippen LogP contribution in [-0.4, -0.2) is 22.2 Å². The lowest BCUT2D eigenvalue weighted by Gasteiger charge is -2.08. The highest BCUT2D eigenvalue weighted by Crippen LogP contribution is 2.32. The van der Waals surface area contributed by atoms with Crippen molar-refractivity contribution in [3.8, 4) is 28.7 Å². The summed E-state index contributed by atoms with van der Waals surface area (Å²) in [4.78, 5) is 8.97. The number of hydrogen-bond acceptors (Lipinski definition) is 5. The minimum absolute atomic E-state index is 0.307. The van der Waals surface area contributed by atoms with Gasteiger partial charge in [-0.25, -0.2) is 9.37 Å². The quantitative estimate of drug-likeness (QED) is 0.555. The van der Waals surface area contributed by atoms with E-state index in [1.807, 2.05) is 31.2 Å². The van der Waals surface area contributed by atoms with Gasteiger partial charge in [-0.3, -0.25) is 0 Å². The molecule has 2 heterocycles. The second-order valence-corrected chi connectivity index (χ2v) is 5.62. The van der Waals surface area contributed by atoms with Crippen molar-refractivity contribution in [1.82, 2.24) is 15.1 Å². The molecule has 0 amide bonds. The first-order valence-corrected chi connectivity index (χ1v) is 7.70. The van der Waals surface area contributed by atoms with Crippen LogP contribution in [0.3, 0.4) is 0 Å². The van der Waals surface area contributed by atoms with Crippen molar-refractivity contribution in [2.45, 2.75) is 6.92 Å². The molecule has 0 saturated heterocycles. The summed E-state index contributed by atoms with van der Waals surface area (Å²) < 4.78 is 23.8. The van der Waals surface area contributed by atoms with Crippen LogP contribution in [0.1, 0.15) is 5.56 Å². The molecule has 6 heteroatoms. The molecule has 0 fully saturated rings. The second kappa shape index (κ2) is 5.98. The molecule has 0 atom stereocenters. The van der Waals surface area contributed by atoms with Gasteiger partial charge in [-0.15, -0.1) is 0 Å². The van der Waals surface area contributed by atoms with Crippen molar-refractivity contribution < 1.29 is 13.7 Å². The Morgan fingerprint density at radius 3 is 2.60 bits per heavy atom. The molecule has 0 N–H and O–H groups in total. The van der Waals surface area contributed by atoms with Crippen LogP contribution in [0, 0.1) is 12.7 Å². The molecule has 25 heavy (non-hydrogen) atoms. The summed E-state index contributed by atoms with van der Waals surface area (Å²) >= 11 is 0. The SMILES string of the molecule is COc1nc2c(C)cccc2cc1-c1noc(-c2ccc(F)cc2)n1. The third kappa shape index (κ3) is 2.71. The average molecular weight is 335 g/mol. The second-order valence-electron chi connectivity index (χ2n) is 5.62. The van der Waals surface area contributed by atoms with Gasteiger partial charge in [-0.05, 0) is 42.8 Å². The number of halogens is 1. The fraction of sp³-hybridized carbons (Fsp3) is 0.105. The van der Waals surface area contributed by atoms with Crippen molar-refractivity contribution in [3.63, 3.8) is 0 Å². The van der Waals surface area contributed by atoms with E-state index in [0.29, 0.717) is 28.7 Å². The van der Waals surface area contributed by atoms with Crippen LogP contribution in [0.25, 0.3) is 33.7 Å². The molecule has 0 saturated carbocycles. The summed E-state index contributed by atoms with van der Waals surface area (Å²) in [6, 6.07) is 13.7. The van der Waals surface area contributed by atoms with Gasteiger partial charge in [0.15, 0.2) is 0 Å². The minimum atomic E-state index is -0.320. The number of hydrogen-bond donors (Lipinski definition) is 0. The summed E-state index contributed by atoms with van der Waals surface area (Å²) in [5.74, 6) is 0.779. The van der Waals surface area contributed by atoms with Gasteiger partial charge < -0.3 is 9.26 Å². The van der Waals surface area contributed by atoms with Gasteiger partial charge in [-0.2, -0.15) is 4.98 Å². The lowest BCUT2D eigenvalue weighted by Crippen LogP contribution is -1.95. The number of aryl methyl sites for hydroxylation is 1. The molecule has 0 aliphatic heterocycles. The van der Waals surface area contributed by atoms with Gasteiger partial charge in [-0.1, -0.05) is 23.4 Å². The zero-order valence-corrected chi connectivity index (χ0v) is 13.7. The number of aromatic nitrogens is 3. The zero-order chi connectivity index (χ0) is 17.4. The normalized spacial score (nSPS) is 11.0. The molecule has 0 spiro atoms. The predicted molar refractivity (Wildman–Crippen MR) is 91.7 cm³/mol. The van der Waals surface area contributed by atoms with E-state index in [9.17, 15) is 4.39 Å². The fourth-order valence-electron chi connectivity index (χ4n) is 2.69. The molecule has 0 radical (unpaired) electrons. The number of fused-ring (bicyclic) bond motifs is 1. The molecule has 0 aliphatic rings. The van der Waals surface area contributed by atoms with Crippen molar-refractivity contribution in [2.24, 2.45) is 0 Å². The third-order valence-corrected chi connectivity index (χ3v) is 3.96. The molecular formula is C19H14FN3O2. The highest BCUT2D eigenvalue weighted by atomic mass is 19.1. The van der Waals surface area contributed by atoms with Gasteiger partial charge in [0.05, 0.1) is 18.2 Å². The van der Waals surface area contributed by atoms with E-state index in [4.69, 9.17) is 9.26 Å². The monoisotopic (exact) mass is 335 g/mol. The number of rotatable bonds is 3. The standard InChI is InChI=1S/C19H14FN3O2/c1-11-4-3-5-13-10-15(19(24-2)21-16(11)13)17-22-18(25-23-17)12-6-8-14(20)9-7-12/h3-10H,1-2H3. The smallest absolute Gasteiger partial charge is 0.258 e. The summed E-state index contributed by atoms with van der Waals surface area (Å²) in [7, 11) is 1.55. The Kier molecular flexibility index (Phi) is 3.65. The summed E-state index contributed by atoms with van der Waals surface area (Å²) in [5, 5.41) is 4.99. The number of pyridine rings is 1. The Morgan fingerprint density at radius 1 is 1.04 bits per heavy atom. The topological polar surface area (TPSA) is 61.0 Å². The largest absolute Gasteiger partial charge is 0.480 e.